The summed E-state index contributed by atoms with van der Waals surface area (Å²) in [6.07, 6.45) is 1.24. The summed E-state index contributed by atoms with van der Waals surface area (Å²) < 4.78 is 0. The van der Waals surface area contributed by atoms with Crippen LogP contribution in [0.5, 0.6) is 0 Å². The van der Waals surface area contributed by atoms with Gasteiger partial charge in [-0.15, -0.1) is 11.3 Å². The monoisotopic (exact) mass is 238 g/mol. The van der Waals surface area contributed by atoms with Crippen molar-refractivity contribution in [2.75, 3.05) is 20.1 Å². The van der Waals surface area contributed by atoms with E-state index in [-0.39, 0.29) is 0 Å². The Morgan fingerprint density at radius 3 is 3.00 bits per heavy atom. The van der Waals surface area contributed by atoms with E-state index in [1.807, 2.05) is 11.3 Å². The number of thiophene rings is 1. The van der Waals surface area contributed by atoms with Crippen molar-refractivity contribution in [3.63, 3.8) is 0 Å². The fourth-order valence-electron chi connectivity index (χ4n) is 2.55. The summed E-state index contributed by atoms with van der Waals surface area (Å²) in [5.41, 5.74) is 1.55. The molecule has 16 heavy (non-hydrogen) atoms. The van der Waals surface area contributed by atoms with Crippen LogP contribution in [-0.2, 0) is 13.0 Å². The molecule has 1 aromatic heterocycles. The Morgan fingerprint density at radius 1 is 1.50 bits per heavy atom. The van der Waals surface area contributed by atoms with Gasteiger partial charge in [-0.2, -0.15) is 0 Å². The van der Waals surface area contributed by atoms with Gasteiger partial charge in [0.2, 0.25) is 0 Å². The summed E-state index contributed by atoms with van der Waals surface area (Å²) in [6.45, 7) is 8.11. The first-order chi connectivity index (χ1) is 7.72. The predicted octanol–water partition coefficient (Wildman–Crippen LogP) is 2.35. The first-order valence-electron chi connectivity index (χ1n) is 6.16. The average Bonchev–Trinajstić information content (AvgIpc) is 2.72. The van der Waals surface area contributed by atoms with E-state index in [2.05, 4.69) is 42.6 Å². The Bertz CT molecular complexity index is 332. The van der Waals surface area contributed by atoms with Gasteiger partial charge in [-0.3, -0.25) is 4.90 Å². The molecule has 1 aliphatic rings. The van der Waals surface area contributed by atoms with Crippen LogP contribution in [0.3, 0.4) is 0 Å². The first-order valence-corrected chi connectivity index (χ1v) is 7.04. The molecule has 1 unspecified atom stereocenters. The van der Waals surface area contributed by atoms with Crippen LogP contribution in [-0.4, -0.2) is 31.1 Å². The van der Waals surface area contributed by atoms with Crippen LogP contribution in [0.25, 0.3) is 0 Å². The second-order valence-electron chi connectivity index (χ2n) is 4.96. The maximum absolute atomic E-state index is 3.33. The lowest BCUT2D eigenvalue weighted by Crippen LogP contribution is -2.46. The van der Waals surface area contributed by atoms with E-state index in [1.54, 1.807) is 10.4 Å². The van der Waals surface area contributed by atoms with Crippen LogP contribution in [0.4, 0.5) is 0 Å². The fourth-order valence-corrected chi connectivity index (χ4v) is 3.44. The van der Waals surface area contributed by atoms with Crippen molar-refractivity contribution >= 4 is 11.3 Å². The molecule has 90 valence electrons. The molecule has 0 bridgehead atoms. The lowest BCUT2D eigenvalue weighted by Gasteiger charge is -2.36. The summed E-state index contributed by atoms with van der Waals surface area (Å²) in [4.78, 5) is 4.24. The summed E-state index contributed by atoms with van der Waals surface area (Å²) >= 11 is 1.92. The molecule has 1 aliphatic heterocycles. The van der Waals surface area contributed by atoms with Crippen molar-refractivity contribution in [1.82, 2.24) is 10.2 Å². The van der Waals surface area contributed by atoms with Gasteiger partial charge in [0.05, 0.1) is 0 Å². The van der Waals surface area contributed by atoms with Crippen LogP contribution in [0.15, 0.2) is 11.4 Å². The Labute approximate surface area is 103 Å². The molecule has 1 atom stereocenters. The van der Waals surface area contributed by atoms with Gasteiger partial charge in [-0.1, -0.05) is 13.8 Å². The highest BCUT2D eigenvalue weighted by Crippen LogP contribution is 2.26. The van der Waals surface area contributed by atoms with Crippen molar-refractivity contribution in [2.45, 2.75) is 32.9 Å². The molecule has 3 heteroatoms. The molecule has 1 aromatic rings. The molecule has 2 rings (SSSR count). The molecule has 0 radical (unpaired) electrons. The number of rotatable bonds is 4. The third kappa shape index (κ3) is 2.47. The fraction of sp³-hybridized carbons (Fsp3) is 0.692. The summed E-state index contributed by atoms with van der Waals surface area (Å²) in [7, 11) is 2.05. The van der Waals surface area contributed by atoms with Gasteiger partial charge in [0, 0.05) is 30.6 Å². The second-order valence-corrected chi connectivity index (χ2v) is 5.96. The van der Waals surface area contributed by atoms with Crippen LogP contribution in [0.2, 0.25) is 0 Å². The number of hydrogen-bond donors (Lipinski definition) is 1. The maximum atomic E-state index is 3.33. The van der Waals surface area contributed by atoms with Crippen molar-refractivity contribution in [2.24, 2.45) is 5.92 Å². The van der Waals surface area contributed by atoms with Gasteiger partial charge < -0.3 is 5.32 Å². The van der Waals surface area contributed by atoms with E-state index >= 15 is 0 Å². The molecular weight excluding hydrogens is 216 g/mol. The number of likely N-dealkylation sites (N-methyl/N-ethyl adjacent to an activating group) is 1. The highest BCUT2D eigenvalue weighted by atomic mass is 32.1. The zero-order valence-corrected chi connectivity index (χ0v) is 11.3. The number of hydrogen-bond acceptors (Lipinski definition) is 3. The average molecular weight is 238 g/mol. The lowest BCUT2D eigenvalue weighted by atomic mass is 9.99. The van der Waals surface area contributed by atoms with Gasteiger partial charge in [-0.25, -0.2) is 0 Å². The van der Waals surface area contributed by atoms with Gasteiger partial charge in [0.15, 0.2) is 0 Å². The molecule has 2 nitrogen and oxygen atoms in total. The molecule has 0 saturated heterocycles. The minimum Gasteiger partial charge on any atom is -0.318 e. The van der Waals surface area contributed by atoms with E-state index in [0.29, 0.717) is 12.0 Å². The lowest BCUT2D eigenvalue weighted by molar-refractivity contribution is 0.139. The quantitative estimate of drug-likeness (QED) is 0.866. The van der Waals surface area contributed by atoms with Crippen molar-refractivity contribution in [1.29, 1.82) is 0 Å². The molecule has 0 aliphatic carbocycles. The molecule has 1 N–H and O–H groups in total. The molecule has 0 saturated carbocycles. The molecule has 0 spiro atoms. The molecule has 0 fully saturated rings. The molecular formula is C13H22N2S. The van der Waals surface area contributed by atoms with Gasteiger partial charge in [0.25, 0.3) is 0 Å². The maximum Gasteiger partial charge on any atom is 0.0248 e. The van der Waals surface area contributed by atoms with Gasteiger partial charge >= 0.3 is 0 Å². The predicted molar refractivity (Wildman–Crippen MR) is 71.0 cm³/mol. The Balaban J connectivity index is 2.06. The van der Waals surface area contributed by atoms with E-state index in [4.69, 9.17) is 0 Å². The van der Waals surface area contributed by atoms with E-state index < -0.39 is 0 Å². The van der Waals surface area contributed by atoms with E-state index in [1.165, 1.54) is 13.0 Å². The summed E-state index contributed by atoms with van der Waals surface area (Å²) in [6, 6.07) is 2.96. The third-order valence-electron chi connectivity index (χ3n) is 3.49. The molecule has 2 heterocycles. The Kier molecular flexibility index (Phi) is 4.00. The normalized spacial score (nSPS) is 18.8. The highest BCUT2D eigenvalue weighted by Gasteiger charge is 2.25. The van der Waals surface area contributed by atoms with Crippen LogP contribution < -0.4 is 5.32 Å². The van der Waals surface area contributed by atoms with E-state index in [9.17, 15) is 0 Å². The SMILES string of the molecule is CNCC(C(C)C)N1CCc2sccc2C1. The Morgan fingerprint density at radius 2 is 2.31 bits per heavy atom. The van der Waals surface area contributed by atoms with Crippen molar-refractivity contribution in [3.8, 4) is 0 Å². The largest absolute Gasteiger partial charge is 0.318 e. The van der Waals surface area contributed by atoms with E-state index in [0.717, 1.165) is 13.1 Å². The standard InChI is InChI=1S/C13H22N2S/c1-10(2)12(8-14-3)15-6-4-13-11(9-15)5-7-16-13/h5,7,10,12,14H,4,6,8-9H2,1-3H3. The van der Waals surface area contributed by atoms with Crippen molar-refractivity contribution < 1.29 is 0 Å². The highest BCUT2D eigenvalue weighted by molar-refractivity contribution is 7.10. The van der Waals surface area contributed by atoms with Crippen molar-refractivity contribution in [3.05, 3.63) is 21.9 Å². The topological polar surface area (TPSA) is 15.3 Å². The van der Waals surface area contributed by atoms with Crippen LogP contribution in [0.1, 0.15) is 24.3 Å². The minimum absolute atomic E-state index is 0.665. The first kappa shape index (κ1) is 12.1. The third-order valence-corrected chi connectivity index (χ3v) is 4.51. The van der Waals surface area contributed by atoms with Crippen LogP contribution >= 0.6 is 11.3 Å². The molecule has 0 amide bonds. The van der Waals surface area contributed by atoms with Gasteiger partial charge in [0.1, 0.15) is 0 Å². The summed E-state index contributed by atoms with van der Waals surface area (Å²) in [5, 5.41) is 5.56. The number of fused-ring (bicyclic) bond motifs is 1. The Hall–Kier alpha value is -0.380. The minimum atomic E-state index is 0.665. The zero-order chi connectivity index (χ0) is 11.5. The molecule has 0 aromatic carbocycles. The van der Waals surface area contributed by atoms with Crippen LogP contribution in [0, 0.1) is 5.92 Å². The van der Waals surface area contributed by atoms with Gasteiger partial charge in [-0.05, 0) is 36.4 Å². The number of nitrogens with one attached hydrogen (secondary N) is 1. The number of nitrogens with zero attached hydrogens (tertiary/aromatic N) is 1. The summed E-state index contributed by atoms with van der Waals surface area (Å²) in [5.74, 6) is 0.715. The zero-order valence-electron chi connectivity index (χ0n) is 10.5. The second kappa shape index (κ2) is 5.30. The smallest absolute Gasteiger partial charge is 0.0248 e.